The van der Waals surface area contributed by atoms with Gasteiger partial charge in [-0.2, -0.15) is 0 Å². The first kappa shape index (κ1) is 20.2. The molecule has 4 rings (SSSR count). The van der Waals surface area contributed by atoms with Crippen LogP contribution in [-0.2, 0) is 19.6 Å². The topological polar surface area (TPSA) is 105 Å². The minimum atomic E-state index is -3.88. The lowest BCUT2D eigenvalue weighted by atomic mass is 10.2. The maximum Gasteiger partial charge on any atom is 0.265 e. The van der Waals surface area contributed by atoms with Crippen molar-refractivity contribution >= 4 is 33.2 Å². The van der Waals surface area contributed by atoms with Gasteiger partial charge in [-0.05, 0) is 43.2 Å². The van der Waals surface area contributed by atoms with Crippen molar-refractivity contribution in [3.05, 3.63) is 48.5 Å². The molecule has 1 aliphatic heterocycles. The van der Waals surface area contributed by atoms with Crippen molar-refractivity contribution in [2.45, 2.75) is 36.6 Å². The Morgan fingerprint density at radius 2 is 1.83 bits per heavy atom. The van der Waals surface area contributed by atoms with E-state index < -0.39 is 15.9 Å². The zero-order chi connectivity index (χ0) is 21.1. The zero-order valence-corrected chi connectivity index (χ0v) is 17.2. The third kappa shape index (κ3) is 4.40. The number of para-hydroxylation sites is 1. The number of amides is 2. The quantitative estimate of drug-likeness (QED) is 0.733. The van der Waals surface area contributed by atoms with Crippen LogP contribution in [0.15, 0.2) is 53.4 Å². The number of ether oxygens (including phenoxy) is 1. The van der Waals surface area contributed by atoms with Crippen LogP contribution in [0, 0.1) is 0 Å². The summed E-state index contributed by atoms with van der Waals surface area (Å²) in [6, 6.07) is 12.9. The third-order valence-electron chi connectivity index (χ3n) is 5.23. The average molecular weight is 429 g/mol. The molecule has 0 saturated heterocycles. The van der Waals surface area contributed by atoms with Gasteiger partial charge < -0.3 is 10.1 Å². The van der Waals surface area contributed by atoms with Crippen molar-refractivity contribution in [2.75, 3.05) is 22.8 Å². The minimum Gasteiger partial charge on any atom is -0.482 e. The predicted molar refractivity (Wildman–Crippen MR) is 112 cm³/mol. The van der Waals surface area contributed by atoms with Crippen molar-refractivity contribution in [3.8, 4) is 5.75 Å². The van der Waals surface area contributed by atoms with Gasteiger partial charge in [-0.3, -0.25) is 19.2 Å². The van der Waals surface area contributed by atoms with E-state index in [9.17, 15) is 18.0 Å². The standard InChI is InChI=1S/C21H23N3O5S/c25-20(22-15-6-4-5-7-15)13-24-18-12-17(10-11-19(18)29-14-21(24)26)30(27,28)23-16-8-2-1-3-9-16/h1-3,8-12,15,23H,4-7,13-14H2,(H,22,25). The Kier molecular flexibility index (Phi) is 5.63. The van der Waals surface area contributed by atoms with Crippen LogP contribution in [0.2, 0.25) is 0 Å². The average Bonchev–Trinajstić information content (AvgIpc) is 3.23. The lowest BCUT2D eigenvalue weighted by Crippen LogP contribution is -2.47. The number of carbonyl (C=O) groups excluding carboxylic acids is 2. The molecule has 30 heavy (non-hydrogen) atoms. The smallest absolute Gasteiger partial charge is 0.265 e. The summed E-state index contributed by atoms with van der Waals surface area (Å²) >= 11 is 0. The Morgan fingerprint density at radius 1 is 1.10 bits per heavy atom. The third-order valence-corrected chi connectivity index (χ3v) is 6.61. The number of nitrogens with one attached hydrogen (secondary N) is 2. The second kappa shape index (κ2) is 8.35. The van der Waals surface area contributed by atoms with Crippen molar-refractivity contribution in [3.63, 3.8) is 0 Å². The molecule has 1 saturated carbocycles. The van der Waals surface area contributed by atoms with Crippen LogP contribution in [0.4, 0.5) is 11.4 Å². The van der Waals surface area contributed by atoms with Crippen molar-refractivity contribution in [1.82, 2.24) is 5.32 Å². The maximum absolute atomic E-state index is 12.8. The Morgan fingerprint density at radius 3 is 2.57 bits per heavy atom. The van der Waals surface area contributed by atoms with Gasteiger partial charge in [0.2, 0.25) is 5.91 Å². The van der Waals surface area contributed by atoms with E-state index >= 15 is 0 Å². The highest BCUT2D eigenvalue weighted by Crippen LogP contribution is 2.34. The van der Waals surface area contributed by atoms with Crippen molar-refractivity contribution in [1.29, 1.82) is 0 Å². The number of hydrogen-bond acceptors (Lipinski definition) is 5. The van der Waals surface area contributed by atoms with E-state index in [-0.39, 0.29) is 35.7 Å². The van der Waals surface area contributed by atoms with Gasteiger partial charge in [0.05, 0.1) is 10.6 Å². The van der Waals surface area contributed by atoms with Gasteiger partial charge in [-0.15, -0.1) is 0 Å². The molecule has 0 aromatic heterocycles. The van der Waals surface area contributed by atoms with Gasteiger partial charge in [0.25, 0.3) is 15.9 Å². The fraction of sp³-hybridized carbons (Fsp3) is 0.333. The molecule has 0 atom stereocenters. The predicted octanol–water partition coefficient (Wildman–Crippen LogP) is 2.27. The normalized spacial score (nSPS) is 16.7. The molecule has 0 radical (unpaired) electrons. The fourth-order valence-electron chi connectivity index (χ4n) is 3.73. The SMILES string of the molecule is O=C(CN1C(=O)COc2ccc(S(=O)(=O)Nc3ccccc3)cc21)NC1CCCC1. The molecule has 1 aliphatic carbocycles. The molecule has 0 bridgehead atoms. The molecule has 1 heterocycles. The molecular weight excluding hydrogens is 406 g/mol. The van der Waals surface area contributed by atoms with Gasteiger partial charge in [0, 0.05) is 11.7 Å². The molecule has 0 unspecified atom stereocenters. The number of hydrogen-bond donors (Lipinski definition) is 2. The molecule has 2 N–H and O–H groups in total. The van der Waals surface area contributed by atoms with Crippen LogP contribution in [0.25, 0.3) is 0 Å². The molecule has 0 spiro atoms. The van der Waals surface area contributed by atoms with Gasteiger partial charge in [0.15, 0.2) is 6.61 Å². The Hall–Kier alpha value is -3.07. The number of sulfonamides is 1. The number of anilines is 2. The molecule has 8 nitrogen and oxygen atoms in total. The number of carbonyl (C=O) groups is 2. The van der Waals surface area contributed by atoms with Crippen LogP contribution in [0.1, 0.15) is 25.7 Å². The van der Waals surface area contributed by atoms with Crippen LogP contribution < -0.4 is 19.7 Å². The van der Waals surface area contributed by atoms with Gasteiger partial charge in [-0.1, -0.05) is 31.0 Å². The molecule has 2 aliphatic rings. The summed E-state index contributed by atoms with van der Waals surface area (Å²) in [6.07, 6.45) is 4.04. The molecular formula is C21H23N3O5S. The van der Waals surface area contributed by atoms with Gasteiger partial charge in [0.1, 0.15) is 12.3 Å². The second-order valence-corrected chi connectivity index (χ2v) is 9.10. The Balaban J connectivity index is 1.57. The van der Waals surface area contributed by atoms with Crippen LogP contribution in [0.5, 0.6) is 5.75 Å². The lowest BCUT2D eigenvalue weighted by Gasteiger charge is -2.29. The van der Waals surface area contributed by atoms with Crippen molar-refractivity contribution < 1.29 is 22.7 Å². The maximum atomic E-state index is 12.8. The summed E-state index contributed by atoms with van der Waals surface area (Å²) in [4.78, 5) is 26.2. The Labute approximate surface area is 175 Å². The van der Waals surface area contributed by atoms with E-state index in [0.29, 0.717) is 11.4 Å². The molecule has 2 aromatic rings. The van der Waals surface area contributed by atoms with E-state index in [0.717, 1.165) is 25.7 Å². The monoisotopic (exact) mass is 429 g/mol. The molecule has 158 valence electrons. The Bertz CT molecular complexity index is 1050. The summed E-state index contributed by atoms with van der Waals surface area (Å²) in [5.41, 5.74) is 0.694. The lowest BCUT2D eigenvalue weighted by molar-refractivity contribution is -0.125. The largest absolute Gasteiger partial charge is 0.482 e. The molecule has 2 amide bonds. The second-order valence-electron chi connectivity index (χ2n) is 7.42. The zero-order valence-electron chi connectivity index (χ0n) is 16.3. The molecule has 2 aromatic carbocycles. The summed E-state index contributed by atoms with van der Waals surface area (Å²) in [7, 11) is -3.88. The molecule has 1 fully saturated rings. The van der Waals surface area contributed by atoms with E-state index in [4.69, 9.17) is 4.74 Å². The highest BCUT2D eigenvalue weighted by atomic mass is 32.2. The highest BCUT2D eigenvalue weighted by molar-refractivity contribution is 7.92. The summed E-state index contributed by atoms with van der Waals surface area (Å²) in [5, 5.41) is 2.95. The van der Waals surface area contributed by atoms with Crippen LogP contribution in [0.3, 0.4) is 0 Å². The minimum absolute atomic E-state index is 0.0235. The number of benzene rings is 2. The van der Waals surface area contributed by atoms with Crippen molar-refractivity contribution in [2.24, 2.45) is 0 Å². The number of fused-ring (bicyclic) bond motifs is 1. The number of rotatable bonds is 6. The first-order valence-electron chi connectivity index (χ1n) is 9.87. The first-order chi connectivity index (χ1) is 14.4. The van der Waals surface area contributed by atoms with E-state index in [1.165, 1.54) is 23.1 Å². The van der Waals surface area contributed by atoms with Crippen LogP contribution >= 0.6 is 0 Å². The van der Waals surface area contributed by atoms with E-state index in [1.807, 2.05) is 0 Å². The number of nitrogens with zero attached hydrogens (tertiary/aromatic N) is 1. The first-order valence-corrected chi connectivity index (χ1v) is 11.4. The van der Waals surface area contributed by atoms with Gasteiger partial charge >= 0.3 is 0 Å². The molecule has 9 heteroatoms. The summed E-state index contributed by atoms with van der Waals surface area (Å²) in [6.45, 7) is -0.376. The van der Waals surface area contributed by atoms with Gasteiger partial charge in [-0.25, -0.2) is 8.42 Å². The van der Waals surface area contributed by atoms with E-state index in [2.05, 4.69) is 10.0 Å². The fourth-order valence-corrected chi connectivity index (χ4v) is 4.81. The summed E-state index contributed by atoms with van der Waals surface area (Å²) in [5.74, 6) is -0.296. The summed E-state index contributed by atoms with van der Waals surface area (Å²) < 4.78 is 33.5. The van der Waals surface area contributed by atoms with Crippen LogP contribution in [-0.4, -0.2) is 39.4 Å². The highest BCUT2D eigenvalue weighted by Gasteiger charge is 2.30. The van der Waals surface area contributed by atoms with E-state index in [1.54, 1.807) is 30.3 Å².